The lowest BCUT2D eigenvalue weighted by Crippen LogP contribution is -2.55. The zero-order valence-electron chi connectivity index (χ0n) is 14.3. The van der Waals surface area contributed by atoms with Gasteiger partial charge in [0.05, 0.1) is 6.54 Å². The van der Waals surface area contributed by atoms with E-state index in [0.29, 0.717) is 12.6 Å². The van der Waals surface area contributed by atoms with Crippen LogP contribution in [0.1, 0.15) is 27.2 Å². The van der Waals surface area contributed by atoms with E-state index < -0.39 is 0 Å². The van der Waals surface area contributed by atoms with Gasteiger partial charge in [-0.2, -0.15) is 0 Å². The Kier molecular flexibility index (Phi) is 6.20. The number of carbonyl (C=O) groups excluding carboxylic acids is 2. The van der Waals surface area contributed by atoms with E-state index in [1.807, 2.05) is 9.80 Å². The quantitative estimate of drug-likeness (QED) is 0.738. The van der Waals surface area contributed by atoms with E-state index in [4.69, 9.17) is 0 Å². The van der Waals surface area contributed by atoms with E-state index in [1.54, 1.807) is 6.92 Å². The van der Waals surface area contributed by atoms with Crippen LogP contribution in [0.2, 0.25) is 0 Å². The van der Waals surface area contributed by atoms with Crippen molar-refractivity contribution in [2.75, 3.05) is 58.9 Å². The minimum absolute atomic E-state index is 0.132. The van der Waals surface area contributed by atoms with E-state index in [9.17, 15) is 9.59 Å². The molecule has 0 aromatic rings. The number of nitrogens with zero attached hydrogens (tertiary/aromatic N) is 4. The topological polar surface area (TPSA) is 47.1 Å². The van der Waals surface area contributed by atoms with Gasteiger partial charge in [0.2, 0.25) is 11.8 Å². The molecule has 22 heavy (non-hydrogen) atoms. The second-order valence-corrected chi connectivity index (χ2v) is 6.46. The molecular weight excluding hydrogens is 280 g/mol. The molecule has 2 aliphatic heterocycles. The molecule has 6 heteroatoms. The fourth-order valence-electron chi connectivity index (χ4n) is 3.18. The highest BCUT2D eigenvalue weighted by atomic mass is 16.2. The van der Waals surface area contributed by atoms with Crippen LogP contribution in [-0.2, 0) is 9.59 Å². The van der Waals surface area contributed by atoms with Crippen LogP contribution in [0.3, 0.4) is 0 Å². The second kappa shape index (κ2) is 7.92. The molecule has 0 aromatic heterocycles. The molecule has 6 nitrogen and oxygen atoms in total. The lowest BCUT2D eigenvalue weighted by atomic mass is 10.2. The molecule has 2 aliphatic rings. The first-order chi connectivity index (χ1) is 10.5. The Hall–Kier alpha value is -1.14. The number of hydrogen-bond donors (Lipinski definition) is 0. The Morgan fingerprint density at radius 3 is 1.95 bits per heavy atom. The van der Waals surface area contributed by atoms with Crippen molar-refractivity contribution in [3.63, 3.8) is 0 Å². The van der Waals surface area contributed by atoms with Crippen LogP contribution >= 0.6 is 0 Å². The molecule has 0 aromatic carbocycles. The summed E-state index contributed by atoms with van der Waals surface area (Å²) in [6, 6.07) is 0.608. The van der Waals surface area contributed by atoms with Gasteiger partial charge >= 0.3 is 0 Å². The first-order valence-corrected chi connectivity index (χ1v) is 8.51. The molecule has 0 radical (unpaired) electrons. The second-order valence-electron chi connectivity index (χ2n) is 6.46. The van der Waals surface area contributed by atoms with Crippen LogP contribution in [0.4, 0.5) is 0 Å². The smallest absolute Gasteiger partial charge is 0.236 e. The zero-order valence-corrected chi connectivity index (χ0v) is 14.3. The first kappa shape index (κ1) is 17.2. The monoisotopic (exact) mass is 310 g/mol. The summed E-state index contributed by atoms with van der Waals surface area (Å²) in [6.07, 6.45) is 1.16. The Labute approximate surface area is 134 Å². The van der Waals surface area contributed by atoms with Crippen molar-refractivity contribution in [3.05, 3.63) is 0 Å². The normalized spacial score (nSPS) is 22.7. The highest BCUT2D eigenvalue weighted by Crippen LogP contribution is 2.10. The Bertz CT molecular complexity index is 386. The zero-order chi connectivity index (χ0) is 16.1. The molecule has 2 amide bonds. The van der Waals surface area contributed by atoms with Gasteiger partial charge in [0, 0.05) is 65.3 Å². The maximum Gasteiger partial charge on any atom is 0.236 e. The maximum atomic E-state index is 12.4. The van der Waals surface area contributed by atoms with Crippen molar-refractivity contribution in [1.82, 2.24) is 19.6 Å². The fourth-order valence-corrected chi connectivity index (χ4v) is 3.18. The number of rotatable bonds is 4. The highest BCUT2D eigenvalue weighted by molar-refractivity contribution is 5.78. The largest absolute Gasteiger partial charge is 0.340 e. The Balaban J connectivity index is 1.72. The summed E-state index contributed by atoms with van der Waals surface area (Å²) >= 11 is 0. The van der Waals surface area contributed by atoms with Gasteiger partial charge in [-0.15, -0.1) is 0 Å². The van der Waals surface area contributed by atoms with Gasteiger partial charge in [0.25, 0.3) is 0 Å². The number of piperazine rings is 2. The molecule has 0 saturated carbocycles. The van der Waals surface area contributed by atoms with E-state index >= 15 is 0 Å². The predicted molar refractivity (Wildman–Crippen MR) is 86.6 cm³/mol. The summed E-state index contributed by atoms with van der Waals surface area (Å²) in [7, 11) is 0. The third kappa shape index (κ3) is 4.43. The van der Waals surface area contributed by atoms with Gasteiger partial charge in [-0.05, 0) is 13.3 Å². The maximum absolute atomic E-state index is 12.4. The van der Waals surface area contributed by atoms with Crippen LogP contribution in [0.25, 0.3) is 0 Å². The van der Waals surface area contributed by atoms with Crippen molar-refractivity contribution in [1.29, 1.82) is 0 Å². The minimum Gasteiger partial charge on any atom is -0.340 e. The van der Waals surface area contributed by atoms with Gasteiger partial charge in [-0.25, -0.2) is 0 Å². The summed E-state index contributed by atoms with van der Waals surface area (Å²) < 4.78 is 0. The molecular formula is C16H30N4O2. The molecule has 2 fully saturated rings. The van der Waals surface area contributed by atoms with E-state index in [1.165, 1.54) is 0 Å². The van der Waals surface area contributed by atoms with E-state index in [2.05, 4.69) is 23.6 Å². The van der Waals surface area contributed by atoms with Gasteiger partial charge < -0.3 is 9.80 Å². The van der Waals surface area contributed by atoms with Crippen LogP contribution in [0, 0.1) is 0 Å². The van der Waals surface area contributed by atoms with Gasteiger partial charge in [0.15, 0.2) is 0 Å². The lowest BCUT2D eigenvalue weighted by molar-refractivity contribution is -0.135. The van der Waals surface area contributed by atoms with Gasteiger partial charge in [-0.3, -0.25) is 19.4 Å². The average Bonchev–Trinajstić information content (AvgIpc) is 2.54. The fraction of sp³-hybridized carbons (Fsp3) is 0.875. The average molecular weight is 310 g/mol. The van der Waals surface area contributed by atoms with Crippen molar-refractivity contribution in [2.45, 2.75) is 33.2 Å². The predicted octanol–water partition coefficient (Wildman–Crippen LogP) is 0.0932. The number of carbonyl (C=O) groups is 2. The van der Waals surface area contributed by atoms with Crippen molar-refractivity contribution < 1.29 is 9.59 Å². The number of hydrogen-bond acceptors (Lipinski definition) is 4. The molecule has 1 atom stereocenters. The molecule has 2 saturated heterocycles. The highest BCUT2D eigenvalue weighted by Gasteiger charge is 2.26. The standard InChI is InChI=1S/C16H30N4O2/c1-4-14(2)18-9-11-20(12-10-18)16(22)13-17-5-7-19(8-6-17)15(3)21/h14H,4-13H2,1-3H3. The molecule has 2 heterocycles. The SMILES string of the molecule is CCC(C)N1CCN(C(=O)CN2CCN(C(C)=O)CC2)CC1. The first-order valence-electron chi connectivity index (χ1n) is 8.51. The number of amides is 2. The molecule has 0 N–H and O–H groups in total. The Morgan fingerprint density at radius 1 is 0.909 bits per heavy atom. The molecule has 0 aliphatic carbocycles. The summed E-state index contributed by atoms with van der Waals surface area (Å²) in [5, 5.41) is 0. The third-order valence-corrected chi connectivity index (χ3v) is 5.06. The van der Waals surface area contributed by atoms with E-state index in [0.717, 1.165) is 58.8 Å². The third-order valence-electron chi connectivity index (χ3n) is 5.06. The van der Waals surface area contributed by atoms with Gasteiger partial charge in [-0.1, -0.05) is 6.92 Å². The molecule has 0 spiro atoms. The van der Waals surface area contributed by atoms with E-state index in [-0.39, 0.29) is 11.8 Å². The summed E-state index contributed by atoms with van der Waals surface area (Å²) in [5.74, 6) is 0.368. The van der Waals surface area contributed by atoms with Crippen molar-refractivity contribution in [3.8, 4) is 0 Å². The van der Waals surface area contributed by atoms with Crippen LogP contribution in [0.5, 0.6) is 0 Å². The summed E-state index contributed by atoms with van der Waals surface area (Å²) in [4.78, 5) is 32.2. The molecule has 0 bridgehead atoms. The molecule has 2 rings (SSSR count). The minimum atomic E-state index is 0.132. The lowest BCUT2D eigenvalue weighted by Gasteiger charge is -2.39. The molecule has 1 unspecified atom stereocenters. The van der Waals surface area contributed by atoms with Crippen LogP contribution in [0.15, 0.2) is 0 Å². The van der Waals surface area contributed by atoms with Crippen molar-refractivity contribution >= 4 is 11.8 Å². The van der Waals surface area contributed by atoms with Gasteiger partial charge in [0.1, 0.15) is 0 Å². The van der Waals surface area contributed by atoms with Crippen LogP contribution < -0.4 is 0 Å². The molecule has 126 valence electrons. The summed E-state index contributed by atoms with van der Waals surface area (Å²) in [5.41, 5.74) is 0. The van der Waals surface area contributed by atoms with Crippen molar-refractivity contribution in [2.24, 2.45) is 0 Å². The summed E-state index contributed by atoms with van der Waals surface area (Å²) in [6.45, 7) is 13.3. The van der Waals surface area contributed by atoms with Crippen LogP contribution in [-0.4, -0.2) is 96.4 Å². The Morgan fingerprint density at radius 2 is 1.45 bits per heavy atom.